The summed E-state index contributed by atoms with van der Waals surface area (Å²) in [6.45, 7) is 0. The first-order chi connectivity index (χ1) is 9.90. The van der Waals surface area contributed by atoms with Gasteiger partial charge in [-0.3, -0.25) is 4.98 Å². The Kier molecular flexibility index (Phi) is 2.35. The van der Waals surface area contributed by atoms with Gasteiger partial charge in [0.05, 0.1) is 10.9 Å². The third-order valence-electron chi connectivity index (χ3n) is 3.25. The molecular weight excluding hydrogens is 250 g/mol. The van der Waals surface area contributed by atoms with Gasteiger partial charge in [-0.25, -0.2) is 9.97 Å². The molecule has 5 heteroatoms. The Hall–Kier alpha value is -2.95. The number of pyridine rings is 1. The highest BCUT2D eigenvalue weighted by atomic mass is 15.0. The highest BCUT2D eigenvalue weighted by Crippen LogP contribution is 2.24. The summed E-state index contributed by atoms with van der Waals surface area (Å²) >= 11 is 0. The molecule has 0 atom stereocenters. The second kappa shape index (κ2) is 4.31. The van der Waals surface area contributed by atoms with E-state index in [0.717, 1.165) is 33.3 Å². The van der Waals surface area contributed by atoms with Crippen molar-refractivity contribution in [3.8, 4) is 0 Å². The molecule has 0 unspecified atom stereocenters. The van der Waals surface area contributed by atoms with Crippen molar-refractivity contribution in [3.63, 3.8) is 0 Å². The highest BCUT2D eigenvalue weighted by Gasteiger charge is 2.04. The summed E-state index contributed by atoms with van der Waals surface area (Å²) in [5, 5.41) is 5.39. The van der Waals surface area contributed by atoms with E-state index in [9.17, 15) is 0 Å². The predicted molar refractivity (Wildman–Crippen MR) is 78.9 cm³/mol. The van der Waals surface area contributed by atoms with E-state index in [1.807, 2.05) is 30.5 Å². The maximum absolute atomic E-state index is 4.30. The first-order valence-corrected chi connectivity index (χ1v) is 6.29. The van der Waals surface area contributed by atoms with E-state index < -0.39 is 0 Å². The van der Waals surface area contributed by atoms with Crippen molar-refractivity contribution < 1.29 is 0 Å². The number of aromatic nitrogens is 4. The summed E-state index contributed by atoms with van der Waals surface area (Å²) in [6.07, 6.45) is 6.98. The zero-order valence-electron chi connectivity index (χ0n) is 10.5. The molecule has 4 aromatic rings. The average molecular weight is 261 g/mol. The normalized spacial score (nSPS) is 11.0. The summed E-state index contributed by atoms with van der Waals surface area (Å²) in [6, 6.07) is 10.1. The lowest BCUT2D eigenvalue weighted by molar-refractivity contribution is 1.20. The van der Waals surface area contributed by atoms with Gasteiger partial charge in [-0.15, -0.1) is 0 Å². The number of hydrogen-bond donors (Lipinski definition) is 2. The van der Waals surface area contributed by atoms with Crippen molar-refractivity contribution in [2.24, 2.45) is 0 Å². The molecule has 0 spiro atoms. The molecule has 0 bridgehead atoms. The highest BCUT2D eigenvalue weighted by molar-refractivity contribution is 5.91. The quantitative estimate of drug-likeness (QED) is 0.581. The van der Waals surface area contributed by atoms with Crippen LogP contribution in [0.1, 0.15) is 0 Å². The van der Waals surface area contributed by atoms with Crippen molar-refractivity contribution in [1.29, 1.82) is 0 Å². The van der Waals surface area contributed by atoms with Crippen molar-refractivity contribution in [2.75, 3.05) is 5.32 Å². The third-order valence-corrected chi connectivity index (χ3v) is 3.25. The van der Waals surface area contributed by atoms with Crippen molar-refractivity contribution in [2.45, 2.75) is 0 Å². The first kappa shape index (κ1) is 10.9. The fraction of sp³-hybridized carbons (Fsp3) is 0. The van der Waals surface area contributed by atoms with Crippen LogP contribution in [0, 0.1) is 0 Å². The Morgan fingerprint density at radius 3 is 3.05 bits per heavy atom. The van der Waals surface area contributed by atoms with Crippen LogP contribution in [0.4, 0.5) is 11.5 Å². The van der Waals surface area contributed by atoms with Crippen LogP contribution in [0.5, 0.6) is 0 Å². The minimum Gasteiger partial charge on any atom is -0.361 e. The molecule has 0 saturated carbocycles. The van der Waals surface area contributed by atoms with Crippen molar-refractivity contribution >= 4 is 33.3 Å². The molecule has 0 aliphatic rings. The summed E-state index contributed by atoms with van der Waals surface area (Å²) < 4.78 is 0. The number of benzene rings is 1. The van der Waals surface area contributed by atoms with Crippen LogP contribution in [0.25, 0.3) is 21.8 Å². The van der Waals surface area contributed by atoms with Crippen LogP contribution < -0.4 is 5.32 Å². The van der Waals surface area contributed by atoms with Gasteiger partial charge in [-0.2, -0.15) is 0 Å². The summed E-state index contributed by atoms with van der Waals surface area (Å²) in [5.74, 6) is 0.762. The smallest absolute Gasteiger partial charge is 0.143 e. The number of fused-ring (bicyclic) bond motifs is 2. The largest absolute Gasteiger partial charge is 0.361 e. The molecule has 20 heavy (non-hydrogen) atoms. The van der Waals surface area contributed by atoms with Gasteiger partial charge < -0.3 is 10.3 Å². The van der Waals surface area contributed by atoms with Gasteiger partial charge in [-0.05, 0) is 30.3 Å². The number of nitrogens with zero attached hydrogens (tertiary/aromatic N) is 3. The molecule has 4 rings (SSSR count). The first-order valence-electron chi connectivity index (χ1n) is 6.29. The molecular formula is C15H11N5. The molecule has 0 amide bonds. The third kappa shape index (κ3) is 1.76. The average Bonchev–Trinajstić information content (AvgIpc) is 2.95. The van der Waals surface area contributed by atoms with E-state index in [-0.39, 0.29) is 0 Å². The zero-order chi connectivity index (χ0) is 13.4. The molecule has 0 aliphatic carbocycles. The summed E-state index contributed by atoms with van der Waals surface area (Å²) in [5.41, 5.74) is 2.98. The van der Waals surface area contributed by atoms with Gasteiger partial charge in [-0.1, -0.05) is 0 Å². The van der Waals surface area contributed by atoms with Crippen LogP contribution in [-0.2, 0) is 0 Å². The maximum Gasteiger partial charge on any atom is 0.143 e. The van der Waals surface area contributed by atoms with Crippen molar-refractivity contribution in [3.05, 3.63) is 55.2 Å². The number of nitrogens with one attached hydrogen (secondary N) is 2. The number of hydrogen-bond acceptors (Lipinski definition) is 4. The van der Waals surface area contributed by atoms with Gasteiger partial charge in [0.1, 0.15) is 12.1 Å². The van der Waals surface area contributed by atoms with Gasteiger partial charge in [0.2, 0.25) is 0 Å². The van der Waals surface area contributed by atoms with Gasteiger partial charge >= 0.3 is 0 Å². The Bertz CT molecular complexity index is 891. The molecule has 2 N–H and O–H groups in total. The topological polar surface area (TPSA) is 66.5 Å². The van der Waals surface area contributed by atoms with Gasteiger partial charge in [0.25, 0.3) is 0 Å². The van der Waals surface area contributed by atoms with E-state index in [4.69, 9.17) is 0 Å². The SMILES string of the molecule is c1cc2ncnc(Nc3ccc4[nH]ccc4c3)c2cn1. The molecule has 0 aliphatic heterocycles. The standard InChI is InChI=1S/C15H11N5/c1-2-13-10(3-6-17-13)7-11(1)20-15-12-8-16-5-4-14(12)18-9-19-15/h1-9,17H,(H,18,19,20). The molecule has 3 aromatic heterocycles. The molecule has 1 aromatic carbocycles. The fourth-order valence-corrected chi connectivity index (χ4v) is 2.27. The Labute approximate surface area is 114 Å². The second-order valence-electron chi connectivity index (χ2n) is 4.52. The second-order valence-corrected chi connectivity index (χ2v) is 4.52. The predicted octanol–water partition coefficient (Wildman–Crippen LogP) is 3.25. The van der Waals surface area contributed by atoms with Crippen LogP contribution in [0.3, 0.4) is 0 Å². The lowest BCUT2D eigenvalue weighted by atomic mass is 10.2. The number of aromatic amines is 1. The molecule has 5 nitrogen and oxygen atoms in total. The Morgan fingerprint density at radius 1 is 1.05 bits per heavy atom. The number of anilines is 2. The molecule has 96 valence electrons. The molecule has 0 fully saturated rings. The number of H-pyrrole nitrogens is 1. The van der Waals surface area contributed by atoms with Crippen LogP contribution in [-0.4, -0.2) is 19.9 Å². The maximum atomic E-state index is 4.30. The van der Waals surface area contributed by atoms with E-state index >= 15 is 0 Å². The van der Waals surface area contributed by atoms with Crippen LogP contribution in [0.15, 0.2) is 55.2 Å². The molecule has 0 saturated heterocycles. The minimum atomic E-state index is 0.762. The zero-order valence-corrected chi connectivity index (χ0v) is 10.5. The van der Waals surface area contributed by atoms with Crippen LogP contribution >= 0.6 is 0 Å². The van der Waals surface area contributed by atoms with Crippen LogP contribution in [0.2, 0.25) is 0 Å². The minimum absolute atomic E-state index is 0.762. The monoisotopic (exact) mass is 261 g/mol. The lowest BCUT2D eigenvalue weighted by Crippen LogP contribution is -1.96. The Balaban J connectivity index is 1.80. The Morgan fingerprint density at radius 2 is 2.05 bits per heavy atom. The number of rotatable bonds is 2. The van der Waals surface area contributed by atoms with Gasteiger partial charge in [0.15, 0.2) is 0 Å². The summed E-state index contributed by atoms with van der Waals surface area (Å²) in [4.78, 5) is 15.8. The molecule has 3 heterocycles. The molecule has 0 radical (unpaired) electrons. The van der Waals surface area contributed by atoms with E-state index in [1.165, 1.54) is 0 Å². The van der Waals surface area contributed by atoms with E-state index in [2.05, 4.69) is 31.3 Å². The fourth-order valence-electron chi connectivity index (χ4n) is 2.27. The lowest BCUT2D eigenvalue weighted by Gasteiger charge is -2.07. The van der Waals surface area contributed by atoms with Gasteiger partial charge in [0, 0.05) is 35.2 Å². The summed E-state index contributed by atoms with van der Waals surface area (Å²) in [7, 11) is 0. The van der Waals surface area contributed by atoms with Crippen molar-refractivity contribution in [1.82, 2.24) is 19.9 Å². The van der Waals surface area contributed by atoms with E-state index in [1.54, 1.807) is 18.7 Å². The van der Waals surface area contributed by atoms with E-state index in [0.29, 0.717) is 0 Å².